The molecule has 3 aromatic rings. The first-order valence-electron chi connectivity index (χ1n) is 15.8. The summed E-state index contributed by atoms with van der Waals surface area (Å²) in [5, 5.41) is 9.81. The van der Waals surface area contributed by atoms with Crippen LogP contribution < -0.4 is 9.64 Å². The van der Waals surface area contributed by atoms with Crippen molar-refractivity contribution in [2.24, 2.45) is 0 Å². The van der Waals surface area contributed by atoms with Crippen LogP contribution in [0, 0.1) is 5.82 Å². The number of benzene rings is 2. The number of hydrogen-bond acceptors (Lipinski definition) is 9. The zero-order valence-electron chi connectivity index (χ0n) is 25.7. The summed E-state index contributed by atoms with van der Waals surface area (Å²) >= 11 is 0. The van der Waals surface area contributed by atoms with Gasteiger partial charge in [0.25, 0.3) is 0 Å². The lowest BCUT2D eigenvalue weighted by Crippen LogP contribution is -2.56. The molecule has 3 saturated heterocycles. The third kappa shape index (κ3) is 6.90. The minimum absolute atomic E-state index is 0.184. The molecule has 14 heteroatoms. The van der Waals surface area contributed by atoms with E-state index in [0.29, 0.717) is 30.7 Å². The molecule has 46 heavy (non-hydrogen) atoms. The number of likely N-dealkylation sites (tertiary alicyclic amines) is 1. The first-order valence-corrected chi connectivity index (χ1v) is 17.3. The maximum Gasteiger partial charge on any atom is 0.573 e. The van der Waals surface area contributed by atoms with Crippen molar-refractivity contribution in [3.05, 3.63) is 48.4 Å². The van der Waals surface area contributed by atoms with E-state index in [1.54, 1.807) is 0 Å². The van der Waals surface area contributed by atoms with Crippen molar-refractivity contribution in [2.45, 2.75) is 60.8 Å². The molecular weight excluding hydrogens is 626 g/mol. The van der Waals surface area contributed by atoms with Gasteiger partial charge in [-0.05, 0) is 81.7 Å². The van der Waals surface area contributed by atoms with E-state index >= 15 is 0 Å². The highest BCUT2D eigenvalue weighted by molar-refractivity contribution is 7.91. The van der Waals surface area contributed by atoms with Crippen LogP contribution >= 0.6 is 0 Å². The van der Waals surface area contributed by atoms with Gasteiger partial charge >= 0.3 is 6.36 Å². The van der Waals surface area contributed by atoms with Gasteiger partial charge in [-0.3, -0.25) is 14.8 Å². The Morgan fingerprint density at radius 1 is 0.891 bits per heavy atom. The molecule has 0 saturated carbocycles. The number of piperidine rings is 2. The van der Waals surface area contributed by atoms with Crippen LogP contribution in [0.4, 0.5) is 23.2 Å². The van der Waals surface area contributed by atoms with Gasteiger partial charge in [0.15, 0.2) is 11.6 Å². The number of phenols is 1. The Kier molecular flexibility index (Phi) is 9.34. The maximum absolute atomic E-state index is 14.3. The Morgan fingerprint density at radius 3 is 2.07 bits per heavy atom. The Balaban J connectivity index is 1.24. The molecule has 4 heterocycles. The number of nitrogens with zero attached hydrogens (tertiary/aromatic N) is 5. The molecular formula is C32H39F4N5O4S. The Morgan fingerprint density at radius 2 is 1.50 bits per heavy atom. The molecule has 0 radical (unpaired) electrons. The highest BCUT2D eigenvalue weighted by Crippen LogP contribution is 2.40. The summed E-state index contributed by atoms with van der Waals surface area (Å²) in [7, 11) is -4.39. The topological polar surface area (TPSA) is 89.5 Å². The number of ether oxygens (including phenoxy) is 1. The van der Waals surface area contributed by atoms with E-state index in [1.165, 1.54) is 25.1 Å². The van der Waals surface area contributed by atoms with Gasteiger partial charge in [0.2, 0.25) is 9.84 Å². The van der Waals surface area contributed by atoms with E-state index in [-0.39, 0.29) is 16.0 Å². The molecule has 6 rings (SSSR count). The van der Waals surface area contributed by atoms with Crippen molar-refractivity contribution >= 4 is 26.4 Å². The van der Waals surface area contributed by atoms with E-state index in [9.17, 15) is 31.1 Å². The van der Waals surface area contributed by atoms with Gasteiger partial charge in [-0.25, -0.2) is 12.8 Å². The summed E-state index contributed by atoms with van der Waals surface area (Å²) in [6.45, 7) is 10.5. The molecule has 0 aliphatic carbocycles. The molecule has 1 aromatic heterocycles. The summed E-state index contributed by atoms with van der Waals surface area (Å²) in [6.07, 6.45) is 0.103. The zero-order chi connectivity index (χ0) is 32.6. The second-order valence-corrected chi connectivity index (χ2v) is 14.2. The van der Waals surface area contributed by atoms with Crippen LogP contribution in [0.25, 0.3) is 10.9 Å². The summed E-state index contributed by atoms with van der Waals surface area (Å²) < 4.78 is 85.6. The number of hydrogen-bond donors (Lipinski definition) is 1. The minimum atomic E-state index is -4.94. The molecule has 250 valence electrons. The van der Waals surface area contributed by atoms with Crippen molar-refractivity contribution in [1.82, 2.24) is 19.7 Å². The average Bonchev–Trinajstić information content (AvgIpc) is 3.05. The number of piperazine rings is 1. The number of phenolic OH excluding ortho intramolecular Hbond substituents is 1. The van der Waals surface area contributed by atoms with Crippen LogP contribution in [0.2, 0.25) is 0 Å². The number of fused-ring (bicyclic) bond motifs is 1. The molecule has 2 aromatic carbocycles. The first kappa shape index (κ1) is 32.7. The fourth-order valence-electron chi connectivity index (χ4n) is 7.16. The monoisotopic (exact) mass is 665 g/mol. The Labute approximate surface area is 266 Å². The summed E-state index contributed by atoms with van der Waals surface area (Å²) in [4.78, 5) is 13.1. The van der Waals surface area contributed by atoms with Crippen molar-refractivity contribution in [3.63, 3.8) is 0 Å². The highest BCUT2D eigenvalue weighted by Gasteiger charge is 2.35. The lowest BCUT2D eigenvalue weighted by molar-refractivity contribution is -0.274. The fourth-order valence-corrected chi connectivity index (χ4v) is 8.61. The predicted molar refractivity (Wildman–Crippen MR) is 165 cm³/mol. The summed E-state index contributed by atoms with van der Waals surface area (Å²) in [6, 6.07) is 7.32. The smallest absolute Gasteiger partial charge is 0.505 e. The molecule has 9 nitrogen and oxygen atoms in total. The van der Waals surface area contributed by atoms with Gasteiger partial charge in [0.05, 0.1) is 16.1 Å². The number of rotatable bonds is 7. The number of sulfone groups is 1. The molecule has 0 spiro atoms. The van der Waals surface area contributed by atoms with E-state index < -0.39 is 38.4 Å². The maximum atomic E-state index is 14.3. The van der Waals surface area contributed by atoms with Crippen LogP contribution in [0.1, 0.15) is 32.6 Å². The number of alkyl halides is 3. The largest absolute Gasteiger partial charge is 0.573 e. The van der Waals surface area contributed by atoms with E-state index in [4.69, 9.17) is 0 Å². The summed E-state index contributed by atoms with van der Waals surface area (Å²) in [5.74, 6) is -2.31. The predicted octanol–water partition coefficient (Wildman–Crippen LogP) is 4.88. The van der Waals surface area contributed by atoms with Gasteiger partial charge in [-0.15, -0.1) is 13.2 Å². The SMILES string of the molecule is CCN1CCC(N2CCN(C3CCN(c4c(S(=O)(=O)c5ccc(O)c(F)c5)cnc5ccc(OC(F)(F)F)cc45)CC3)CC2)CC1. The Hall–Kier alpha value is -3.20. The third-order valence-electron chi connectivity index (χ3n) is 9.70. The fraction of sp³-hybridized carbons (Fsp3) is 0.531. The number of pyridine rings is 1. The molecule has 3 aliphatic heterocycles. The van der Waals surface area contributed by atoms with Crippen molar-refractivity contribution < 1.29 is 35.8 Å². The number of halogens is 4. The second kappa shape index (κ2) is 13.1. The van der Waals surface area contributed by atoms with Gasteiger partial charge in [0, 0.05) is 62.9 Å². The van der Waals surface area contributed by atoms with Crippen molar-refractivity contribution in [3.8, 4) is 11.5 Å². The first-order chi connectivity index (χ1) is 21.9. The quantitative estimate of drug-likeness (QED) is 0.355. The van der Waals surface area contributed by atoms with E-state index in [1.807, 2.05) is 4.90 Å². The zero-order valence-corrected chi connectivity index (χ0v) is 26.5. The average molecular weight is 666 g/mol. The Bertz CT molecular complexity index is 1650. The molecule has 0 amide bonds. The van der Waals surface area contributed by atoms with E-state index in [2.05, 4.69) is 31.3 Å². The normalized spacial score (nSPS) is 20.4. The van der Waals surface area contributed by atoms with E-state index in [0.717, 1.165) is 89.0 Å². The highest BCUT2D eigenvalue weighted by atomic mass is 32.2. The molecule has 0 bridgehead atoms. The van der Waals surface area contributed by atoms with Crippen molar-refractivity contribution in [2.75, 3.05) is 63.8 Å². The molecule has 0 atom stereocenters. The van der Waals surface area contributed by atoms with Gasteiger partial charge in [-0.1, -0.05) is 6.92 Å². The van der Waals surface area contributed by atoms with Crippen LogP contribution in [-0.2, 0) is 9.84 Å². The molecule has 0 unspecified atom stereocenters. The van der Waals surface area contributed by atoms with Crippen LogP contribution in [0.15, 0.2) is 52.4 Å². The second-order valence-electron chi connectivity index (χ2n) is 12.3. The summed E-state index contributed by atoms with van der Waals surface area (Å²) in [5.41, 5.74) is 0.496. The third-order valence-corrected chi connectivity index (χ3v) is 11.4. The molecule has 3 aliphatic rings. The minimum Gasteiger partial charge on any atom is -0.505 e. The van der Waals surface area contributed by atoms with Gasteiger partial charge < -0.3 is 19.6 Å². The van der Waals surface area contributed by atoms with Crippen molar-refractivity contribution in [1.29, 1.82) is 0 Å². The number of aromatic nitrogens is 1. The number of anilines is 1. The lowest BCUT2D eigenvalue weighted by Gasteiger charge is -2.46. The molecule has 1 N–H and O–H groups in total. The van der Waals surface area contributed by atoms with Crippen LogP contribution in [-0.4, -0.2) is 111 Å². The van der Waals surface area contributed by atoms with Gasteiger partial charge in [-0.2, -0.15) is 0 Å². The number of aromatic hydroxyl groups is 1. The van der Waals surface area contributed by atoms with Crippen LogP contribution in [0.5, 0.6) is 11.5 Å². The molecule has 3 fully saturated rings. The van der Waals surface area contributed by atoms with Crippen LogP contribution in [0.3, 0.4) is 0 Å². The standard InChI is InChI=1S/C32H39F4N5O4S/c1-2-38-11-7-22(8-12-38)39-15-17-40(18-16-39)23-9-13-41(14-10-23)31-26-19-24(45-32(34,35)36)3-5-28(26)37-21-30(31)46(43,44)25-4-6-29(42)27(33)20-25/h3-6,19-23,42H,2,7-18H2,1H3. The lowest BCUT2D eigenvalue weighted by atomic mass is 9.99. The van der Waals surface area contributed by atoms with Gasteiger partial charge in [0.1, 0.15) is 10.6 Å².